The number of benzene rings is 2. The Morgan fingerprint density at radius 3 is 2.72 bits per heavy atom. The summed E-state index contributed by atoms with van der Waals surface area (Å²) in [7, 11) is 0. The second kappa shape index (κ2) is 8.64. The third kappa shape index (κ3) is 4.76. The van der Waals surface area contributed by atoms with E-state index < -0.39 is 29.5 Å². The molecule has 9 heteroatoms. The zero-order chi connectivity index (χ0) is 22.9. The van der Waals surface area contributed by atoms with E-state index in [2.05, 4.69) is 10.3 Å². The molecule has 0 spiro atoms. The highest BCUT2D eigenvalue weighted by Crippen LogP contribution is 2.31. The quantitative estimate of drug-likeness (QED) is 0.552. The van der Waals surface area contributed by atoms with Crippen molar-refractivity contribution in [3.05, 3.63) is 71.2 Å². The summed E-state index contributed by atoms with van der Waals surface area (Å²) in [6, 6.07) is 8.12. The molecule has 32 heavy (non-hydrogen) atoms. The van der Waals surface area contributed by atoms with Gasteiger partial charge in [0, 0.05) is 36.6 Å². The standard InChI is InChI=1S/C23H21F4N3O2/c24-17-6-7-19-18(11-17)15(12-28-19)10-21(31)29-20(13-30-8-2-5-22(30)32)14-3-1-4-16(9-14)23(25,26)27/h1,3-4,6-7,9,11-12,20,28H,2,5,8,10,13H2,(H,29,31). The maximum Gasteiger partial charge on any atom is 0.416 e. The topological polar surface area (TPSA) is 65.2 Å². The van der Waals surface area contributed by atoms with Crippen molar-refractivity contribution >= 4 is 22.7 Å². The van der Waals surface area contributed by atoms with Crippen LogP contribution in [0.1, 0.15) is 35.6 Å². The lowest BCUT2D eigenvalue weighted by atomic mass is 10.0. The number of nitrogens with one attached hydrogen (secondary N) is 2. The van der Waals surface area contributed by atoms with Gasteiger partial charge >= 0.3 is 6.18 Å². The molecule has 4 rings (SSSR count). The van der Waals surface area contributed by atoms with Gasteiger partial charge in [0.2, 0.25) is 11.8 Å². The highest BCUT2D eigenvalue weighted by atomic mass is 19.4. The number of rotatable bonds is 6. The molecule has 3 aromatic rings. The Morgan fingerprint density at radius 2 is 2.00 bits per heavy atom. The molecule has 2 amide bonds. The van der Waals surface area contributed by atoms with Gasteiger partial charge in [0.15, 0.2) is 0 Å². The summed E-state index contributed by atoms with van der Waals surface area (Å²) < 4.78 is 53.2. The van der Waals surface area contributed by atoms with Gasteiger partial charge in [0.1, 0.15) is 5.82 Å². The molecular formula is C23H21F4N3O2. The molecule has 0 radical (unpaired) electrons. The van der Waals surface area contributed by atoms with Crippen molar-refractivity contribution in [2.24, 2.45) is 0 Å². The van der Waals surface area contributed by atoms with Crippen molar-refractivity contribution in [1.82, 2.24) is 15.2 Å². The number of nitrogens with zero attached hydrogens (tertiary/aromatic N) is 1. The van der Waals surface area contributed by atoms with Crippen molar-refractivity contribution in [3.8, 4) is 0 Å². The van der Waals surface area contributed by atoms with E-state index in [0.29, 0.717) is 35.9 Å². The third-order valence-electron chi connectivity index (χ3n) is 5.61. The number of hydrogen-bond acceptors (Lipinski definition) is 2. The predicted octanol–water partition coefficient (Wildman–Crippen LogP) is 4.35. The van der Waals surface area contributed by atoms with Crippen molar-refractivity contribution < 1.29 is 27.2 Å². The summed E-state index contributed by atoms with van der Waals surface area (Å²) in [5, 5.41) is 3.33. The summed E-state index contributed by atoms with van der Waals surface area (Å²) in [4.78, 5) is 29.4. The number of halogens is 4. The summed E-state index contributed by atoms with van der Waals surface area (Å²) in [6.07, 6.45) is -1.96. The highest BCUT2D eigenvalue weighted by Gasteiger charge is 2.32. The fourth-order valence-corrected chi connectivity index (χ4v) is 4.00. The van der Waals surface area contributed by atoms with E-state index in [-0.39, 0.29) is 24.4 Å². The summed E-state index contributed by atoms with van der Waals surface area (Å²) >= 11 is 0. The Kier molecular flexibility index (Phi) is 5.90. The Morgan fingerprint density at radius 1 is 1.19 bits per heavy atom. The second-order valence-electron chi connectivity index (χ2n) is 7.87. The molecule has 0 aliphatic carbocycles. The number of amides is 2. The van der Waals surface area contributed by atoms with Gasteiger partial charge in [0.25, 0.3) is 0 Å². The summed E-state index contributed by atoms with van der Waals surface area (Å²) in [6.45, 7) is 0.570. The Balaban J connectivity index is 1.57. The molecule has 1 saturated heterocycles. The van der Waals surface area contributed by atoms with Crippen molar-refractivity contribution in [1.29, 1.82) is 0 Å². The minimum Gasteiger partial charge on any atom is -0.361 e. The van der Waals surface area contributed by atoms with E-state index in [9.17, 15) is 27.2 Å². The van der Waals surface area contributed by atoms with Gasteiger partial charge in [-0.3, -0.25) is 9.59 Å². The third-order valence-corrected chi connectivity index (χ3v) is 5.61. The fourth-order valence-electron chi connectivity index (χ4n) is 4.00. The number of H-pyrrole nitrogens is 1. The molecule has 2 N–H and O–H groups in total. The van der Waals surface area contributed by atoms with Crippen molar-refractivity contribution in [2.75, 3.05) is 13.1 Å². The van der Waals surface area contributed by atoms with Crippen LogP contribution >= 0.6 is 0 Å². The first-order valence-corrected chi connectivity index (χ1v) is 10.2. The van der Waals surface area contributed by atoms with E-state index in [1.54, 1.807) is 17.2 Å². The molecule has 0 saturated carbocycles. The molecule has 1 aliphatic heterocycles. The van der Waals surface area contributed by atoms with Gasteiger partial charge < -0.3 is 15.2 Å². The lowest BCUT2D eigenvalue weighted by Gasteiger charge is -2.26. The number of carbonyl (C=O) groups is 2. The first kappa shape index (κ1) is 21.9. The van der Waals surface area contributed by atoms with Crippen LogP contribution in [0, 0.1) is 5.82 Å². The van der Waals surface area contributed by atoms with Crippen LogP contribution in [0.3, 0.4) is 0 Å². The number of aromatic amines is 1. The summed E-state index contributed by atoms with van der Waals surface area (Å²) in [5.41, 5.74) is 0.676. The first-order valence-electron chi connectivity index (χ1n) is 10.2. The maximum atomic E-state index is 13.6. The molecule has 2 aromatic carbocycles. The largest absolute Gasteiger partial charge is 0.416 e. The van der Waals surface area contributed by atoms with Crippen molar-refractivity contribution in [2.45, 2.75) is 31.5 Å². The minimum atomic E-state index is -4.53. The van der Waals surface area contributed by atoms with E-state index in [0.717, 1.165) is 12.1 Å². The molecular weight excluding hydrogens is 426 g/mol. The molecule has 5 nitrogen and oxygen atoms in total. The Labute approximate surface area is 181 Å². The van der Waals surface area contributed by atoms with E-state index in [1.165, 1.54) is 24.3 Å². The number of aromatic nitrogens is 1. The van der Waals surface area contributed by atoms with Gasteiger partial charge in [-0.1, -0.05) is 12.1 Å². The number of fused-ring (bicyclic) bond motifs is 1. The zero-order valence-corrected chi connectivity index (χ0v) is 17.0. The van der Waals surface area contributed by atoms with E-state index in [4.69, 9.17) is 0 Å². The predicted molar refractivity (Wildman–Crippen MR) is 110 cm³/mol. The number of carbonyl (C=O) groups excluding carboxylic acids is 2. The number of likely N-dealkylation sites (tertiary alicyclic amines) is 1. The molecule has 1 fully saturated rings. The van der Waals surface area contributed by atoms with Crippen LogP contribution < -0.4 is 5.32 Å². The smallest absolute Gasteiger partial charge is 0.361 e. The molecule has 1 atom stereocenters. The number of alkyl halides is 3. The van der Waals surface area contributed by atoms with Crippen LogP contribution in [-0.4, -0.2) is 34.8 Å². The second-order valence-corrected chi connectivity index (χ2v) is 7.87. The lowest BCUT2D eigenvalue weighted by Crippen LogP contribution is -2.39. The SMILES string of the molecule is O=C(Cc1c[nH]c2ccc(F)cc12)NC(CN1CCCC1=O)c1cccc(C(F)(F)F)c1. The van der Waals surface area contributed by atoms with Gasteiger partial charge in [-0.2, -0.15) is 13.2 Å². The minimum absolute atomic E-state index is 0.0778. The van der Waals surface area contributed by atoms with Crippen molar-refractivity contribution in [3.63, 3.8) is 0 Å². The molecule has 2 heterocycles. The molecule has 1 unspecified atom stereocenters. The summed E-state index contributed by atoms with van der Waals surface area (Å²) in [5.74, 6) is -0.972. The number of hydrogen-bond donors (Lipinski definition) is 2. The van der Waals surface area contributed by atoms with Crippen LogP contribution in [-0.2, 0) is 22.2 Å². The van der Waals surface area contributed by atoms with Gasteiger partial charge in [-0.25, -0.2) is 4.39 Å². The van der Waals surface area contributed by atoms with Crippen LogP contribution in [0.2, 0.25) is 0 Å². The Bertz CT molecular complexity index is 1160. The lowest BCUT2D eigenvalue weighted by molar-refractivity contribution is -0.137. The van der Waals surface area contributed by atoms with Crippen LogP contribution in [0.15, 0.2) is 48.7 Å². The normalized spacial score (nSPS) is 15.4. The van der Waals surface area contributed by atoms with E-state index in [1.807, 2.05) is 0 Å². The highest BCUT2D eigenvalue weighted by molar-refractivity contribution is 5.89. The maximum absolute atomic E-state index is 13.6. The monoisotopic (exact) mass is 447 g/mol. The van der Waals surface area contributed by atoms with Gasteiger partial charge in [-0.15, -0.1) is 0 Å². The van der Waals surface area contributed by atoms with Crippen LogP contribution in [0.25, 0.3) is 10.9 Å². The molecule has 1 aliphatic rings. The average molecular weight is 447 g/mol. The molecule has 1 aromatic heterocycles. The molecule has 168 valence electrons. The first-order chi connectivity index (χ1) is 15.2. The average Bonchev–Trinajstić information content (AvgIpc) is 3.33. The molecule has 0 bridgehead atoms. The zero-order valence-electron chi connectivity index (χ0n) is 17.0. The van der Waals surface area contributed by atoms with Crippen LogP contribution in [0.4, 0.5) is 17.6 Å². The van der Waals surface area contributed by atoms with Gasteiger partial charge in [-0.05, 0) is 47.9 Å². The Hall–Kier alpha value is -3.36. The van der Waals surface area contributed by atoms with Gasteiger partial charge in [0.05, 0.1) is 18.0 Å². The van der Waals surface area contributed by atoms with E-state index >= 15 is 0 Å². The van der Waals surface area contributed by atoms with Crippen LogP contribution in [0.5, 0.6) is 0 Å². The fraction of sp³-hybridized carbons (Fsp3) is 0.304.